The first-order chi connectivity index (χ1) is 8.70. The lowest BCUT2D eigenvalue weighted by Crippen LogP contribution is -2.54. The van der Waals surface area contributed by atoms with Crippen LogP contribution in [0.5, 0.6) is 0 Å². The molecule has 0 saturated carbocycles. The number of hydrogen-bond acceptors (Lipinski definition) is 4. The van der Waals surface area contributed by atoms with Gasteiger partial charge in [0.2, 0.25) is 0 Å². The van der Waals surface area contributed by atoms with Crippen LogP contribution in [0.25, 0.3) is 0 Å². The maximum Gasteiger partial charge on any atom is 0.410 e. The molecule has 2 fully saturated rings. The van der Waals surface area contributed by atoms with Gasteiger partial charge in [0.1, 0.15) is 5.60 Å². The molecule has 19 heavy (non-hydrogen) atoms. The van der Waals surface area contributed by atoms with Gasteiger partial charge in [-0.25, -0.2) is 4.79 Å². The first-order valence-corrected chi connectivity index (χ1v) is 6.98. The van der Waals surface area contributed by atoms with Crippen molar-refractivity contribution < 1.29 is 19.0 Å². The van der Waals surface area contributed by atoms with E-state index in [-0.39, 0.29) is 24.1 Å². The molecule has 5 heteroatoms. The van der Waals surface area contributed by atoms with E-state index in [1.165, 1.54) is 0 Å². The van der Waals surface area contributed by atoms with Crippen LogP contribution in [0.15, 0.2) is 0 Å². The number of rotatable bonds is 1. The molecule has 0 aromatic carbocycles. The summed E-state index contributed by atoms with van der Waals surface area (Å²) < 4.78 is 16.6. The van der Waals surface area contributed by atoms with Gasteiger partial charge in [-0.3, -0.25) is 0 Å². The summed E-state index contributed by atoms with van der Waals surface area (Å²) in [4.78, 5) is 13.7. The Labute approximate surface area is 115 Å². The first kappa shape index (κ1) is 14.6. The number of ether oxygens (including phenoxy) is 3. The van der Waals surface area contributed by atoms with Crippen LogP contribution in [0.4, 0.5) is 4.79 Å². The lowest BCUT2D eigenvalue weighted by molar-refractivity contribution is -0.412. The van der Waals surface area contributed by atoms with Crippen LogP contribution in [0.1, 0.15) is 47.5 Å². The van der Waals surface area contributed by atoms with Crippen LogP contribution >= 0.6 is 0 Å². The molecule has 0 aromatic rings. The van der Waals surface area contributed by atoms with E-state index in [9.17, 15) is 4.79 Å². The van der Waals surface area contributed by atoms with Crippen molar-refractivity contribution >= 4 is 6.09 Å². The number of nitrogens with zero attached hydrogens (tertiary/aromatic N) is 1. The van der Waals surface area contributed by atoms with E-state index in [2.05, 4.69) is 6.92 Å². The Kier molecular flexibility index (Phi) is 3.80. The Morgan fingerprint density at radius 3 is 2.21 bits per heavy atom. The zero-order valence-corrected chi connectivity index (χ0v) is 12.6. The van der Waals surface area contributed by atoms with E-state index in [4.69, 9.17) is 14.2 Å². The number of carbonyl (C=O) groups is 1. The molecule has 110 valence electrons. The SMILES string of the molecule is CC1OC(C2(C)CCN(C(=O)OC(C)(C)C)CC2)O1. The van der Waals surface area contributed by atoms with Gasteiger partial charge < -0.3 is 19.1 Å². The van der Waals surface area contributed by atoms with Gasteiger partial charge >= 0.3 is 6.09 Å². The fourth-order valence-corrected chi connectivity index (χ4v) is 2.45. The fraction of sp³-hybridized carbons (Fsp3) is 0.929. The van der Waals surface area contributed by atoms with Crippen molar-refractivity contribution in [2.24, 2.45) is 5.41 Å². The number of hydrogen-bond donors (Lipinski definition) is 0. The second-order valence-electron chi connectivity index (χ2n) is 6.79. The molecule has 2 aliphatic heterocycles. The summed E-state index contributed by atoms with van der Waals surface area (Å²) in [5.41, 5.74) is -0.432. The van der Waals surface area contributed by atoms with Crippen LogP contribution in [-0.4, -0.2) is 42.3 Å². The summed E-state index contributed by atoms with van der Waals surface area (Å²) in [6.45, 7) is 11.1. The monoisotopic (exact) mass is 271 g/mol. The highest BCUT2D eigenvalue weighted by Gasteiger charge is 2.46. The van der Waals surface area contributed by atoms with E-state index in [1.807, 2.05) is 27.7 Å². The Bertz CT molecular complexity index is 336. The number of likely N-dealkylation sites (tertiary alicyclic amines) is 1. The predicted octanol–water partition coefficient (Wildman–Crippen LogP) is 2.74. The molecule has 0 radical (unpaired) electrons. The minimum atomic E-state index is -0.437. The van der Waals surface area contributed by atoms with Crippen molar-refractivity contribution in [3.63, 3.8) is 0 Å². The summed E-state index contributed by atoms with van der Waals surface area (Å²) in [5, 5.41) is 0. The van der Waals surface area contributed by atoms with Crippen molar-refractivity contribution in [2.45, 2.75) is 65.6 Å². The fourth-order valence-electron chi connectivity index (χ4n) is 2.45. The molecule has 2 heterocycles. The van der Waals surface area contributed by atoms with Crippen LogP contribution in [0, 0.1) is 5.41 Å². The van der Waals surface area contributed by atoms with Crippen molar-refractivity contribution in [3.05, 3.63) is 0 Å². The second-order valence-corrected chi connectivity index (χ2v) is 6.79. The van der Waals surface area contributed by atoms with Crippen molar-refractivity contribution in [3.8, 4) is 0 Å². The first-order valence-electron chi connectivity index (χ1n) is 6.98. The minimum Gasteiger partial charge on any atom is -0.444 e. The molecule has 1 amide bonds. The molecule has 2 rings (SSSR count). The number of amides is 1. The molecule has 0 bridgehead atoms. The third kappa shape index (κ3) is 3.39. The van der Waals surface area contributed by atoms with Crippen molar-refractivity contribution in [2.75, 3.05) is 13.1 Å². The van der Waals surface area contributed by atoms with Gasteiger partial charge in [0.15, 0.2) is 12.6 Å². The average molecular weight is 271 g/mol. The largest absolute Gasteiger partial charge is 0.444 e. The number of piperidine rings is 1. The van der Waals surface area contributed by atoms with E-state index >= 15 is 0 Å². The average Bonchev–Trinajstić information content (AvgIpc) is 2.23. The van der Waals surface area contributed by atoms with Crippen molar-refractivity contribution in [1.82, 2.24) is 4.90 Å². The van der Waals surface area contributed by atoms with E-state index in [0.717, 1.165) is 12.8 Å². The van der Waals surface area contributed by atoms with Gasteiger partial charge in [0.25, 0.3) is 0 Å². The van der Waals surface area contributed by atoms with Crippen molar-refractivity contribution in [1.29, 1.82) is 0 Å². The Morgan fingerprint density at radius 2 is 1.79 bits per heavy atom. The molecule has 0 aliphatic carbocycles. The topological polar surface area (TPSA) is 48.0 Å². The standard InChI is InChI=1S/C14H25NO4/c1-10-17-11(18-10)14(5)6-8-15(9-7-14)12(16)19-13(2,3)4/h10-11H,6-9H2,1-5H3. The van der Waals surface area contributed by atoms with E-state index in [0.29, 0.717) is 13.1 Å². The third-order valence-electron chi connectivity index (χ3n) is 3.76. The van der Waals surface area contributed by atoms with Crippen LogP contribution in [0.2, 0.25) is 0 Å². The van der Waals surface area contributed by atoms with Crippen LogP contribution < -0.4 is 0 Å². The summed E-state index contributed by atoms with van der Waals surface area (Å²) >= 11 is 0. The highest BCUT2D eigenvalue weighted by molar-refractivity contribution is 5.68. The maximum absolute atomic E-state index is 12.0. The third-order valence-corrected chi connectivity index (χ3v) is 3.76. The molecule has 0 atom stereocenters. The van der Waals surface area contributed by atoms with Gasteiger partial charge in [-0.1, -0.05) is 6.92 Å². The normalized spacial score (nSPS) is 30.7. The molecule has 0 N–H and O–H groups in total. The lowest BCUT2D eigenvalue weighted by Gasteiger charge is -2.49. The Morgan fingerprint density at radius 1 is 1.26 bits per heavy atom. The summed E-state index contributed by atoms with van der Waals surface area (Å²) in [6.07, 6.45) is 1.32. The van der Waals surface area contributed by atoms with Crippen LogP contribution in [-0.2, 0) is 14.2 Å². The van der Waals surface area contributed by atoms with Gasteiger partial charge in [0.05, 0.1) is 0 Å². The van der Waals surface area contributed by atoms with Crippen LogP contribution in [0.3, 0.4) is 0 Å². The molecule has 0 spiro atoms. The summed E-state index contributed by atoms with van der Waals surface area (Å²) in [5.74, 6) is 0. The molecule has 0 aromatic heterocycles. The molecular weight excluding hydrogens is 246 g/mol. The maximum atomic E-state index is 12.0. The zero-order chi connectivity index (χ0) is 14.3. The highest BCUT2D eigenvalue weighted by Crippen LogP contribution is 2.41. The second kappa shape index (κ2) is 4.94. The molecule has 5 nitrogen and oxygen atoms in total. The van der Waals surface area contributed by atoms with Gasteiger partial charge in [-0.05, 0) is 40.5 Å². The predicted molar refractivity (Wildman–Crippen MR) is 70.6 cm³/mol. The molecular formula is C14H25NO4. The lowest BCUT2D eigenvalue weighted by atomic mass is 9.79. The molecule has 0 unspecified atom stereocenters. The summed E-state index contributed by atoms with van der Waals surface area (Å²) in [7, 11) is 0. The Balaban J connectivity index is 1.83. The van der Waals surface area contributed by atoms with Gasteiger partial charge in [0, 0.05) is 18.5 Å². The molecule has 2 aliphatic rings. The molecule has 2 saturated heterocycles. The minimum absolute atomic E-state index is 0.00498. The number of carbonyl (C=O) groups excluding carboxylic acids is 1. The quantitative estimate of drug-likeness (QED) is 0.735. The summed E-state index contributed by atoms with van der Waals surface area (Å²) in [6, 6.07) is 0. The van der Waals surface area contributed by atoms with Gasteiger partial charge in [-0.2, -0.15) is 0 Å². The van der Waals surface area contributed by atoms with E-state index in [1.54, 1.807) is 4.90 Å². The van der Waals surface area contributed by atoms with Gasteiger partial charge in [-0.15, -0.1) is 0 Å². The van der Waals surface area contributed by atoms with E-state index < -0.39 is 5.60 Å². The Hall–Kier alpha value is -0.810. The highest BCUT2D eigenvalue weighted by atomic mass is 16.9. The smallest absolute Gasteiger partial charge is 0.410 e. The zero-order valence-electron chi connectivity index (χ0n) is 12.6.